The number of methoxy groups -OCH3 is 1. The van der Waals surface area contributed by atoms with Crippen LogP contribution in [0.3, 0.4) is 0 Å². The van der Waals surface area contributed by atoms with E-state index in [0.717, 1.165) is 5.56 Å². The number of rotatable bonds is 11. The second kappa shape index (κ2) is 12.1. The molecule has 0 radical (unpaired) electrons. The molecule has 0 aliphatic rings. The fourth-order valence-electron chi connectivity index (χ4n) is 3.53. The third-order valence-electron chi connectivity index (χ3n) is 5.38. The van der Waals surface area contributed by atoms with E-state index in [4.69, 9.17) is 4.74 Å². The molecule has 0 aromatic heterocycles. The lowest BCUT2D eigenvalue weighted by atomic mass is 10.0. The van der Waals surface area contributed by atoms with Gasteiger partial charge in [0.05, 0.1) is 24.3 Å². The van der Waals surface area contributed by atoms with Crippen LogP contribution in [-0.2, 0) is 21.2 Å². The lowest BCUT2D eigenvalue weighted by Crippen LogP contribution is -2.32. The predicted molar refractivity (Wildman–Crippen MR) is 140 cm³/mol. The molecule has 3 aromatic carbocycles. The lowest BCUT2D eigenvalue weighted by Gasteiger charge is -2.18. The van der Waals surface area contributed by atoms with Gasteiger partial charge in [0.2, 0.25) is 15.9 Å². The Morgan fingerprint density at radius 3 is 2.47 bits per heavy atom. The normalized spacial score (nSPS) is 12.3. The van der Waals surface area contributed by atoms with Crippen LogP contribution in [0, 0.1) is 6.92 Å². The van der Waals surface area contributed by atoms with Gasteiger partial charge >= 0.3 is 0 Å². The first-order valence-electron chi connectivity index (χ1n) is 11.2. The molecule has 8 nitrogen and oxygen atoms in total. The van der Waals surface area contributed by atoms with Crippen molar-refractivity contribution in [3.63, 3.8) is 0 Å². The second-order valence-electron chi connectivity index (χ2n) is 8.12. The highest BCUT2D eigenvalue weighted by atomic mass is 32.2. The van der Waals surface area contributed by atoms with Crippen LogP contribution >= 0.6 is 0 Å². The molecule has 0 saturated carbocycles. The summed E-state index contributed by atoms with van der Waals surface area (Å²) in [7, 11) is -2.43. The summed E-state index contributed by atoms with van der Waals surface area (Å²) in [5, 5.41) is 14.2. The lowest BCUT2D eigenvalue weighted by molar-refractivity contribution is -0.121. The molecule has 3 rings (SSSR count). The molecule has 0 spiro atoms. The van der Waals surface area contributed by atoms with Gasteiger partial charge in [-0.15, -0.1) is 6.58 Å². The summed E-state index contributed by atoms with van der Waals surface area (Å²) >= 11 is 0. The van der Waals surface area contributed by atoms with E-state index < -0.39 is 22.0 Å². The number of carbonyl (C=O) groups is 1. The molecule has 0 aliphatic carbocycles. The van der Waals surface area contributed by atoms with Crippen LogP contribution in [0.15, 0.2) is 89.4 Å². The van der Waals surface area contributed by atoms with E-state index >= 15 is 0 Å². The third-order valence-corrected chi connectivity index (χ3v) is 6.87. The Hall–Kier alpha value is -3.95. The average molecular weight is 508 g/mol. The Labute approximate surface area is 211 Å². The van der Waals surface area contributed by atoms with Gasteiger partial charge in [-0.1, -0.05) is 54.1 Å². The maximum Gasteiger partial charge on any atom is 0.242 e. The number of phenols is 1. The molecular weight excluding hydrogens is 478 g/mol. The summed E-state index contributed by atoms with van der Waals surface area (Å²) in [5.41, 5.74) is 5.22. The van der Waals surface area contributed by atoms with E-state index in [2.05, 4.69) is 21.8 Å². The first kappa shape index (κ1) is 26.7. The van der Waals surface area contributed by atoms with Crippen LogP contribution in [0.4, 0.5) is 0 Å². The number of amides is 1. The van der Waals surface area contributed by atoms with Gasteiger partial charge in [0.15, 0.2) is 11.5 Å². The van der Waals surface area contributed by atoms with Gasteiger partial charge in [-0.2, -0.15) is 5.10 Å². The van der Waals surface area contributed by atoms with Gasteiger partial charge in [0.1, 0.15) is 0 Å². The highest BCUT2D eigenvalue weighted by Gasteiger charge is 2.23. The number of nitrogens with zero attached hydrogens (tertiary/aromatic N) is 1. The fourth-order valence-corrected chi connectivity index (χ4v) is 4.75. The number of nitrogens with one attached hydrogen (secondary N) is 2. The molecule has 3 aromatic rings. The minimum Gasteiger partial charge on any atom is -0.504 e. The van der Waals surface area contributed by atoms with E-state index in [0.29, 0.717) is 23.1 Å². The van der Waals surface area contributed by atoms with Crippen LogP contribution in [0.2, 0.25) is 0 Å². The molecule has 0 heterocycles. The van der Waals surface area contributed by atoms with Crippen molar-refractivity contribution in [3.8, 4) is 11.5 Å². The summed E-state index contributed by atoms with van der Waals surface area (Å²) in [6.07, 6.45) is 3.32. The van der Waals surface area contributed by atoms with Crippen molar-refractivity contribution in [2.75, 3.05) is 7.11 Å². The van der Waals surface area contributed by atoms with Gasteiger partial charge in [0.25, 0.3) is 0 Å². The first-order chi connectivity index (χ1) is 17.2. The number of hydrogen-bond acceptors (Lipinski definition) is 6. The molecule has 1 atom stereocenters. The van der Waals surface area contributed by atoms with Crippen molar-refractivity contribution in [2.45, 2.75) is 30.7 Å². The Kier molecular flexibility index (Phi) is 8.99. The molecule has 0 bridgehead atoms. The SMILES string of the molecule is C=CCc1cc(/C=N\NC(=O)C[C@H](NS(=O)(=O)c2ccc(C)cc2)c2ccccc2)cc(OC)c1O. The quantitative estimate of drug-likeness (QED) is 0.206. The maximum atomic E-state index is 13.0. The van der Waals surface area contributed by atoms with E-state index in [9.17, 15) is 18.3 Å². The molecule has 1 amide bonds. The van der Waals surface area contributed by atoms with Crippen molar-refractivity contribution in [1.82, 2.24) is 10.1 Å². The largest absolute Gasteiger partial charge is 0.504 e. The number of aromatic hydroxyl groups is 1. The zero-order valence-corrected chi connectivity index (χ0v) is 21.0. The fraction of sp³-hybridized carbons (Fsp3) is 0.185. The van der Waals surface area contributed by atoms with E-state index in [-0.39, 0.29) is 22.8 Å². The Balaban J connectivity index is 1.75. The van der Waals surface area contributed by atoms with Gasteiger partial charge in [0, 0.05) is 12.0 Å². The highest BCUT2D eigenvalue weighted by Crippen LogP contribution is 2.31. The Morgan fingerprint density at radius 1 is 1.14 bits per heavy atom. The minimum absolute atomic E-state index is 0.0187. The van der Waals surface area contributed by atoms with Gasteiger partial charge in [-0.3, -0.25) is 4.79 Å². The summed E-state index contributed by atoms with van der Waals surface area (Å²) in [6, 6.07) is 17.8. The van der Waals surface area contributed by atoms with Crippen LogP contribution < -0.4 is 14.9 Å². The summed E-state index contributed by atoms with van der Waals surface area (Å²) in [5.74, 6) is -0.189. The molecular formula is C27H29N3O5S. The van der Waals surface area contributed by atoms with Crippen LogP contribution in [0.25, 0.3) is 0 Å². The number of phenolic OH excluding ortho intramolecular Hbond substituents is 1. The smallest absolute Gasteiger partial charge is 0.242 e. The van der Waals surface area contributed by atoms with E-state index in [1.54, 1.807) is 54.6 Å². The van der Waals surface area contributed by atoms with E-state index in [1.165, 1.54) is 25.5 Å². The summed E-state index contributed by atoms with van der Waals surface area (Å²) in [6.45, 7) is 5.55. The molecule has 0 fully saturated rings. The number of hydrogen-bond donors (Lipinski definition) is 3. The topological polar surface area (TPSA) is 117 Å². The maximum absolute atomic E-state index is 13.0. The van der Waals surface area contributed by atoms with Gasteiger partial charge in [-0.05, 0) is 48.7 Å². The van der Waals surface area contributed by atoms with Crippen molar-refractivity contribution < 1.29 is 23.1 Å². The van der Waals surface area contributed by atoms with Gasteiger partial charge < -0.3 is 9.84 Å². The Bertz CT molecular complexity index is 1340. The molecule has 36 heavy (non-hydrogen) atoms. The number of hydrazone groups is 1. The predicted octanol–water partition coefficient (Wildman–Crippen LogP) is 4.00. The number of ether oxygens (including phenoxy) is 1. The first-order valence-corrected chi connectivity index (χ1v) is 12.7. The molecule has 0 unspecified atom stereocenters. The highest BCUT2D eigenvalue weighted by molar-refractivity contribution is 7.89. The third kappa shape index (κ3) is 7.03. The van der Waals surface area contributed by atoms with Crippen LogP contribution in [0.5, 0.6) is 11.5 Å². The van der Waals surface area contributed by atoms with Crippen molar-refractivity contribution in [2.24, 2.45) is 5.10 Å². The number of carbonyl (C=O) groups excluding carboxylic acids is 1. The number of allylic oxidation sites excluding steroid dienone is 1. The second-order valence-corrected chi connectivity index (χ2v) is 9.83. The number of sulfonamides is 1. The molecule has 9 heteroatoms. The van der Waals surface area contributed by atoms with Crippen molar-refractivity contribution in [3.05, 3.63) is 102 Å². The van der Waals surface area contributed by atoms with E-state index in [1.807, 2.05) is 13.0 Å². The Morgan fingerprint density at radius 2 is 1.83 bits per heavy atom. The molecule has 188 valence electrons. The van der Waals surface area contributed by atoms with Crippen LogP contribution in [0.1, 0.15) is 34.7 Å². The molecule has 0 saturated heterocycles. The zero-order valence-electron chi connectivity index (χ0n) is 20.1. The van der Waals surface area contributed by atoms with Crippen molar-refractivity contribution in [1.29, 1.82) is 0 Å². The summed E-state index contributed by atoms with van der Waals surface area (Å²) in [4.78, 5) is 12.8. The minimum atomic E-state index is -3.87. The molecule has 3 N–H and O–H groups in total. The standard InChI is InChI=1S/C27H29N3O5S/c1-4-8-22-15-20(16-25(35-3)27(22)32)18-28-29-26(31)17-24(21-9-6-5-7-10-21)30-36(33,34)23-13-11-19(2)12-14-23/h4-7,9-16,18,24,30,32H,1,8,17H2,2-3H3,(H,29,31)/b28-18-/t24-/m0/s1. The van der Waals surface area contributed by atoms with Crippen LogP contribution in [-0.4, -0.2) is 32.8 Å². The van der Waals surface area contributed by atoms with Crippen molar-refractivity contribution >= 4 is 22.1 Å². The molecule has 0 aliphatic heterocycles. The number of aryl methyl sites for hydroxylation is 1. The number of benzene rings is 3. The van der Waals surface area contributed by atoms with Gasteiger partial charge in [-0.25, -0.2) is 18.6 Å². The monoisotopic (exact) mass is 507 g/mol. The average Bonchev–Trinajstić information content (AvgIpc) is 2.86. The zero-order chi connectivity index (χ0) is 26.1. The summed E-state index contributed by atoms with van der Waals surface area (Å²) < 4.78 is 33.8.